The summed E-state index contributed by atoms with van der Waals surface area (Å²) in [5.41, 5.74) is 4.31. The summed E-state index contributed by atoms with van der Waals surface area (Å²) in [5.74, 6) is -1.12. The number of methoxy groups -OCH3 is 1. The molecule has 2 aromatic rings. The van der Waals surface area contributed by atoms with Crippen molar-refractivity contribution in [3.8, 4) is 5.75 Å². The lowest BCUT2D eigenvalue weighted by molar-refractivity contribution is -0.121. The number of carbonyl (C=O) groups excluding carboxylic acids is 1. The molecule has 1 N–H and O–H groups in total. The van der Waals surface area contributed by atoms with Crippen molar-refractivity contribution in [3.05, 3.63) is 58.4 Å². The second-order valence-electron chi connectivity index (χ2n) is 7.31. The molecule has 0 unspecified atom stereocenters. The summed E-state index contributed by atoms with van der Waals surface area (Å²) in [6, 6.07) is 7.07. The number of sulfonamides is 1. The highest BCUT2D eigenvalue weighted by Gasteiger charge is 2.29. The first kappa shape index (κ1) is 23.8. The van der Waals surface area contributed by atoms with Crippen molar-refractivity contribution < 1.29 is 22.3 Å². The zero-order valence-corrected chi connectivity index (χ0v) is 19.1. The summed E-state index contributed by atoms with van der Waals surface area (Å²) >= 11 is 0. The Balaban J connectivity index is 2.22. The molecular weight excluding hydrogens is 407 g/mol. The summed E-state index contributed by atoms with van der Waals surface area (Å²) < 4.78 is 45.8. The van der Waals surface area contributed by atoms with Crippen LogP contribution in [0.4, 0.5) is 4.39 Å². The molecule has 0 saturated heterocycles. The average Bonchev–Trinajstić information content (AvgIpc) is 2.68. The first-order valence-corrected chi connectivity index (χ1v) is 11.2. The minimum Gasteiger partial charge on any atom is -0.495 e. The van der Waals surface area contributed by atoms with Crippen molar-refractivity contribution in [2.24, 2.45) is 0 Å². The predicted octanol–water partition coefficient (Wildman–Crippen LogP) is 3.65. The Morgan fingerprint density at radius 3 is 2.37 bits per heavy atom. The van der Waals surface area contributed by atoms with Gasteiger partial charge in [0, 0.05) is 6.54 Å². The van der Waals surface area contributed by atoms with Crippen molar-refractivity contribution in [3.63, 3.8) is 0 Å². The van der Waals surface area contributed by atoms with Gasteiger partial charge in [-0.1, -0.05) is 19.1 Å². The van der Waals surface area contributed by atoms with Crippen LogP contribution in [0, 0.1) is 26.6 Å². The van der Waals surface area contributed by atoms with Crippen LogP contribution in [0.15, 0.2) is 35.2 Å². The quantitative estimate of drug-likeness (QED) is 0.685. The second kappa shape index (κ2) is 9.57. The molecule has 2 rings (SSSR count). The first-order chi connectivity index (χ1) is 14.0. The highest BCUT2D eigenvalue weighted by molar-refractivity contribution is 7.89. The third-order valence-electron chi connectivity index (χ3n) is 5.14. The van der Waals surface area contributed by atoms with Crippen molar-refractivity contribution >= 4 is 15.9 Å². The Hall–Kier alpha value is -2.45. The van der Waals surface area contributed by atoms with Gasteiger partial charge < -0.3 is 10.1 Å². The second-order valence-corrected chi connectivity index (χ2v) is 9.22. The molecule has 0 aliphatic heterocycles. The standard InChI is InChI=1S/C22H29FN2O4S/c1-7-25(30(27,28)21-12-18(23)8-9-20(21)29-6)13-22(26)24-17(5)19-11-15(3)14(2)10-16(19)4/h8-12,17H,7,13H2,1-6H3,(H,24,26)/t17-/m1/s1. The number of benzene rings is 2. The van der Waals surface area contributed by atoms with E-state index in [9.17, 15) is 17.6 Å². The van der Waals surface area contributed by atoms with Crippen LogP contribution in [0.5, 0.6) is 5.75 Å². The van der Waals surface area contributed by atoms with Gasteiger partial charge in [-0.05, 0) is 68.1 Å². The molecule has 6 nitrogen and oxygen atoms in total. The monoisotopic (exact) mass is 436 g/mol. The molecule has 0 heterocycles. The van der Waals surface area contributed by atoms with E-state index in [0.29, 0.717) is 0 Å². The zero-order chi connectivity index (χ0) is 22.6. The molecule has 0 spiro atoms. The SMILES string of the molecule is CCN(CC(=O)N[C@H](C)c1cc(C)c(C)cc1C)S(=O)(=O)c1cc(F)ccc1OC. The Morgan fingerprint density at radius 1 is 1.13 bits per heavy atom. The number of ether oxygens (including phenoxy) is 1. The van der Waals surface area contributed by atoms with E-state index in [1.165, 1.54) is 18.7 Å². The predicted molar refractivity (Wildman–Crippen MR) is 115 cm³/mol. The molecule has 1 amide bonds. The number of hydrogen-bond donors (Lipinski definition) is 1. The van der Waals surface area contributed by atoms with Gasteiger partial charge in [0.2, 0.25) is 15.9 Å². The van der Waals surface area contributed by atoms with Crippen molar-refractivity contribution in [2.75, 3.05) is 20.2 Å². The van der Waals surface area contributed by atoms with E-state index >= 15 is 0 Å². The zero-order valence-electron chi connectivity index (χ0n) is 18.2. The minimum absolute atomic E-state index is 0.0226. The van der Waals surface area contributed by atoms with Gasteiger partial charge in [-0.25, -0.2) is 12.8 Å². The van der Waals surface area contributed by atoms with Crippen molar-refractivity contribution in [1.82, 2.24) is 9.62 Å². The van der Waals surface area contributed by atoms with Gasteiger partial charge in [0.05, 0.1) is 19.7 Å². The maximum Gasteiger partial charge on any atom is 0.247 e. The summed E-state index contributed by atoms with van der Waals surface area (Å²) in [7, 11) is -2.82. The van der Waals surface area contributed by atoms with Crippen LogP contribution < -0.4 is 10.1 Å². The normalized spacial score (nSPS) is 12.7. The number of likely N-dealkylation sites (N-methyl/N-ethyl adjacent to an activating group) is 1. The average molecular weight is 437 g/mol. The first-order valence-electron chi connectivity index (χ1n) is 9.72. The fourth-order valence-corrected chi connectivity index (χ4v) is 4.90. The molecule has 0 aromatic heterocycles. The van der Waals surface area contributed by atoms with Gasteiger partial charge in [0.25, 0.3) is 0 Å². The van der Waals surface area contributed by atoms with Crippen LogP contribution >= 0.6 is 0 Å². The van der Waals surface area contributed by atoms with Gasteiger partial charge in [-0.2, -0.15) is 4.31 Å². The van der Waals surface area contributed by atoms with E-state index in [1.54, 1.807) is 6.92 Å². The number of amides is 1. The Morgan fingerprint density at radius 2 is 1.77 bits per heavy atom. The van der Waals surface area contributed by atoms with Crippen LogP contribution in [-0.2, 0) is 14.8 Å². The fraction of sp³-hybridized carbons (Fsp3) is 0.409. The van der Waals surface area contributed by atoms with Crippen LogP contribution in [-0.4, -0.2) is 38.8 Å². The Bertz CT molecular complexity index is 1040. The summed E-state index contributed by atoms with van der Waals surface area (Å²) in [5, 5.41) is 2.86. The number of nitrogens with zero attached hydrogens (tertiary/aromatic N) is 1. The molecule has 30 heavy (non-hydrogen) atoms. The Labute approximate surface area is 178 Å². The summed E-state index contributed by atoms with van der Waals surface area (Å²) in [6.07, 6.45) is 0. The van der Waals surface area contributed by atoms with E-state index in [-0.39, 0.29) is 29.8 Å². The number of rotatable bonds is 8. The largest absolute Gasteiger partial charge is 0.495 e. The van der Waals surface area contributed by atoms with Crippen LogP contribution in [0.25, 0.3) is 0 Å². The highest BCUT2D eigenvalue weighted by Crippen LogP contribution is 2.27. The summed E-state index contributed by atoms with van der Waals surface area (Å²) in [6.45, 7) is 9.15. The summed E-state index contributed by atoms with van der Waals surface area (Å²) in [4.78, 5) is 12.3. The van der Waals surface area contributed by atoms with Crippen LogP contribution in [0.2, 0.25) is 0 Å². The van der Waals surface area contributed by atoms with Gasteiger partial charge >= 0.3 is 0 Å². The van der Waals surface area contributed by atoms with E-state index in [2.05, 4.69) is 11.4 Å². The lowest BCUT2D eigenvalue weighted by Crippen LogP contribution is -2.41. The third kappa shape index (κ3) is 5.17. The molecule has 1 atom stereocenters. The van der Waals surface area contributed by atoms with E-state index < -0.39 is 21.7 Å². The highest BCUT2D eigenvalue weighted by atomic mass is 32.2. The van der Waals surface area contributed by atoms with Gasteiger partial charge in [0.15, 0.2) is 0 Å². The van der Waals surface area contributed by atoms with E-state index in [4.69, 9.17) is 4.74 Å². The maximum atomic E-state index is 13.7. The van der Waals surface area contributed by atoms with E-state index in [1.807, 2.05) is 33.8 Å². The number of halogens is 1. The Kier molecular flexibility index (Phi) is 7.60. The molecule has 8 heteroatoms. The third-order valence-corrected chi connectivity index (χ3v) is 7.08. The molecular formula is C22H29FN2O4S. The van der Waals surface area contributed by atoms with Gasteiger partial charge in [0.1, 0.15) is 16.5 Å². The maximum absolute atomic E-state index is 13.7. The lowest BCUT2D eigenvalue weighted by atomic mass is 9.96. The molecule has 2 aromatic carbocycles. The number of nitrogens with one attached hydrogen (secondary N) is 1. The fourth-order valence-electron chi connectivity index (χ4n) is 3.33. The molecule has 0 aliphatic carbocycles. The van der Waals surface area contributed by atoms with Crippen molar-refractivity contribution in [2.45, 2.75) is 45.6 Å². The molecule has 0 radical (unpaired) electrons. The molecule has 0 aliphatic rings. The molecule has 0 saturated carbocycles. The van der Waals surface area contributed by atoms with E-state index in [0.717, 1.165) is 33.1 Å². The number of hydrogen-bond acceptors (Lipinski definition) is 4. The van der Waals surface area contributed by atoms with Crippen LogP contribution in [0.3, 0.4) is 0 Å². The van der Waals surface area contributed by atoms with Gasteiger partial charge in [-0.3, -0.25) is 4.79 Å². The lowest BCUT2D eigenvalue weighted by Gasteiger charge is -2.23. The minimum atomic E-state index is -4.12. The smallest absolute Gasteiger partial charge is 0.247 e. The molecule has 0 fully saturated rings. The number of carbonyl (C=O) groups is 1. The topological polar surface area (TPSA) is 75.7 Å². The van der Waals surface area contributed by atoms with Gasteiger partial charge in [-0.15, -0.1) is 0 Å². The van der Waals surface area contributed by atoms with Crippen LogP contribution in [0.1, 0.15) is 42.1 Å². The number of aryl methyl sites for hydroxylation is 3. The molecule has 164 valence electrons. The van der Waals surface area contributed by atoms with Crippen molar-refractivity contribution in [1.29, 1.82) is 0 Å². The molecule has 0 bridgehead atoms.